The monoisotopic (exact) mass is 222 g/mol. The highest BCUT2D eigenvalue weighted by molar-refractivity contribution is 5.29. The van der Waals surface area contributed by atoms with Crippen LogP contribution in [0.15, 0.2) is 12.3 Å². The Morgan fingerprint density at radius 3 is 3.12 bits per heavy atom. The lowest BCUT2D eigenvalue weighted by atomic mass is 10.3. The summed E-state index contributed by atoms with van der Waals surface area (Å²) < 4.78 is 5.51. The maximum Gasteiger partial charge on any atom is 0.226 e. The van der Waals surface area contributed by atoms with Crippen molar-refractivity contribution >= 4 is 5.95 Å². The molecule has 0 aliphatic carbocycles. The van der Waals surface area contributed by atoms with Crippen LogP contribution in [-0.4, -0.2) is 35.2 Å². The highest BCUT2D eigenvalue weighted by Gasteiger charge is 2.15. The van der Waals surface area contributed by atoms with Crippen LogP contribution in [0, 0.1) is 0 Å². The molecule has 5 heteroatoms. The number of nitrogens with zero attached hydrogens (tertiary/aromatic N) is 2. The van der Waals surface area contributed by atoms with Gasteiger partial charge in [-0.05, 0) is 26.8 Å². The molecular formula is C11H18N4O. The number of ether oxygens (including phenoxy) is 1. The van der Waals surface area contributed by atoms with E-state index in [4.69, 9.17) is 4.74 Å². The summed E-state index contributed by atoms with van der Waals surface area (Å²) in [7, 11) is 0. The normalized spacial score (nSPS) is 20.1. The molecule has 0 amide bonds. The average molecular weight is 222 g/mol. The largest absolute Gasteiger partial charge is 0.475 e. The number of hydrogen-bond donors (Lipinski definition) is 2. The second-order valence-corrected chi connectivity index (χ2v) is 4.22. The van der Waals surface area contributed by atoms with E-state index in [9.17, 15) is 0 Å². The lowest BCUT2D eigenvalue weighted by Gasteiger charge is -2.13. The van der Waals surface area contributed by atoms with Crippen molar-refractivity contribution in [3.8, 4) is 5.88 Å². The lowest BCUT2D eigenvalue weighted by molar-refractivity contribution is 0.232. The van der Waals surface area contributed by atoms with E-state index in [1.807, 2.05) is 13.8 Å². The summed E-state index contributed by atoms with van der Waals surface area (Å²) in [6, 6.07) is 2.20. The molecule has 1 aliphatic rings. The van der Waals surface area contributed by atoms with E-state index in [2.05, 4.69) is 20.6 Å². The maximum absolute atomic E-state index is 5.51. The van der Waals surface area contributed by atoms with E-state index in [1.54, 1.807) is 12.3 Å². The number of hydrogen-bond acceptors (Lipinski definition) is 5. The van der Waals surface area contributed by atoms with Crippen LogP contribution < -0.4 is 15.4 Å². The highest BCUT2D eigenvalue weighted by atomic mass is 16.5. The molecule has 2 rings (SSSR count). The van der Waals surface area contributed by atoms with Gasteiger partial charge in [-0.25, -0.2) is 4.98 Å². The zero-order chi connectivity index (χ0) is 11.4. The van der Waals surface area contributed by atoms with Crippen molar-refractivity contribution in [2.75, 3.05) is 18.4 Å². The van der Waals surface area contributed by atoms with Crippen molar-refractivity contribution in [1.29, 1.82) is 0 Å². The topological polar surface area (TPSA) is 59.1 Å². The smallest absolute Gasteiger partial charge is 0.226 e. The molecule has 1 unspecified atom stereocenters. The first kappa shape index (κ1) is 11.1. The molecule has 0 bridgehead atoms. The summed E-state index contributed by atoms with van der Waals surface area (Å²) in [6.45, 7) is 5.99. The van der Waals surface area contributed by atoms with E-state index < -0.39 is 0 Å². The first-order chi connectivity index (χ1) is 7.74. The van der Waals surface area contributed by atoms with Crippen molar-refractivity contribution in [2.45, 2.75) is 32.4 Å². The van der Waals surface area contributed by atoms with Crippen molar-refractivity contribution in [3.63, 3.8) is 0 Å². The Morgan fingerprint density at radius 1 is 1.56 bits per heavy atom. The van der Waals surface area contributed by atoms with E-state index in [-0.39, 0.29) is 6.10 Å². The molecule has 2 heterocycles. The molecule has 2 N–H and O–H groups in total. The zero-order valence-electron chi connectivity index (χ0n) is 9.73. The third-order valence-corrected chi connectivity index (χ3v) is 2.38. The van der Waals surface area contributed by atoms with Crippen LogP contribution in [0.3, 0.4) is 0 Å². The van der Waals surface area contributed by atoms with Gasteiger partial charge in [-0.1, -0.05) is 0 Å². The minimum Gasteiger partial charge on any atom is -0.475 e. The van der Waals surface area contributed by atoms with Gasteiger partial charge in [0, 0.05) is 24.8 Å². The molecule has 0 radical (unpaired) electrons. The Morgan fingerprint density at radius 2 is 2.44 bits per heavy atom. The third kappa shape index (κ3) is 3.06. The molecule has 1 atom stereocenters. The van der Waals surface area contributed by atoms with Gasteiger partial charge < -0.3 is 15.4 Å². The second-order valence-electron chi connectivity index (χ2n) is 4.22. The van der Waals surface area contributed by atoms with Gasteiger partial charge in [0.2, 0.25) is 11.8 Å². The molecule has 1 saturated heterocycles. The van der Waals surface area contributed by atoms with Crippen LogP contribution in [0.4, 0.5) is 5.95 Å². The molecule has 0 spiro atoms. The van der Waals surface area contributed by atoms with Crippen LogP contribution in [0.25, 0.3) is 0 Å². The number of aromatic nitrogens is 2. The SMILES string of the molecule is CC(C)Oc1ccnc(NC2CCNC2)n1. The van der Waals surface area contributed by atoms with Crippen LogP contribution in [0.5, 0.6) is 5.88 Å². The molecule has 16 heavy (non-hydrogen) atoms. The fraction of sp³-hybridized carbons (Fsp3) is 0.636. The number of anilines is 1. The maximum atomic E-state index is 5.51. The van der Waals surface area contributed by atoms with Gasteiger partial charge in [0.05, 0.1) is 6.10 Å². The van der Waals surface area contributed by atoms with E-state index in [0.717, 1.165) is 19.5 Å². The van der Waals surface area contributed by atoms with Crippen LogP contribution in [0.1, 0.15) is 20.3 Å². The summed E-state index contributed by atoms with van der Waals surface area (Å²) >= 11 is 0. The minimum atomic E-state index is 0.135. The number of nitrogens with one attached hydrogen (secondary N) is 2. The Bertz CT molecular complexity index is 337. The van der Waals surface area contributed by atoms with Gasteiger partial charge in [-0.15, -0.1) is 0 Å². The minimum absolute atomic E-state index is 0.135. The molecule has 1 aromatic rings. The summed E-state index contributed by atoms with van der Waals surface area (Å²) in [5.41, 5.74) is 0. The van der Waals surface area contributed by atoms with E-state index >= 15 is 0 Å². The molecule has 0 saturated carbocycles. The van der Waals surface area contributed by atoms with Crippen molar-refractivity contribution < 1.29 is 4.74 Å². The summed E-state index contributed by atoms with van der Waals surface area (Å²) in [5, 5.41) is 6.58. The van der Waals surface area contributed by atoms with Gasteiger partial charge in [-0.3, -0.25) is 0 Å². The first-order valence-corrected chi connectivity index (χ1v) is 5.71. The summed E-state index contributed by atoms with van der Waals surface area (Å²) in [4.78, 5) is 8.48. The van der Waals surface area contributed by atoms with Gasteiger partial charge in [0.15, 0.2) is 0 Å². The summed E-state index contributed by atoms with van der Waals surface area (Å²) in [5.74, 6) is 1.27. The predicted octanol–water partition coefficient (Wildman–Crippen LogP) is 1.04. The second kappa shape index (κ2) is 5.12. The molecule has 1 aromatic heterocycles. The standard InChI is InChI=1S/C11H18N4O/c1-8(2)16-10-4-6-13-11(15-10)14-9-3-5-12-7-9/h4,6,8-9,12H,3,5,7H2,1-2H3,(H,13,14,15). The quantitative estimate of drug-likeness (QED) is 0.797. The molecule has 0 aromatic carbocycles. The predicted molar refractivity (Wildman–Crippen MR) is 62.7 cm³/mol. The lowest BCUT2D eigenvalue weighted by Crippen LogP contribution is -2.23. The Hall–Kier alpha value is -1.36. The van der Waals surface area contributed by atoms with Crippen molar-refractivity contribution in [2.24, 2.45) is 0 Å². The van der Waals surface area contributed by atoms with Gasteiger partial charge in [-0.2, -0.15) is 4.98 Å². The highest BCUT2D eigenvalue weighted by Crippen LogP contribution is 2.12. The average Bonchev–Trinajstić information content (AvgIpc) is 2.70. The molecule has 1 fully saturated rings. The molecule has 1 aliphatic heterocycles. The first-order valence-electron chi connectivity index (χ1n) is 5.71. The Labute approximate surface area is 95.6 Å². The Balaban J connectivity index is 1.97. The molecule has 88 valence electrons. The number of rotatable bonds is 4. The van der Waals surface area contributed by atoms with Crippen molar-refractivity contribution in [3.05, 3.63) is 12.3 Å². The van der Waals surface area contributed by atoms with Crippen molar-refractivity contribution in [1.82, 2.24) is 15.3 Å². The van der Waals surface area contributed by atoms with Gasteiger partial charge in [0.1, 0.15) is 0 Å². The van der Waals surface area contributed by atoms with E-state index in [0.29, 0.717) is 17.9 Å². The zero-order valence-corrected chi connectivity index (χ0v) is 9.73. The molecule has 5 nitrogen and oxygen atoms in total. The van der Waals surface area contributed by atoms with Crippen LogP contribution >= 0.6 is 0 Å². The third-order valence-electron chi connectivity index (χ3n) is 2.38. The van der Waals surface area contributed by atoms with Gasteiger partial charge >= 0.3 is 0 Å². The summed E-state index contributed by atoms with van der Waals surface area (Å²) in [6.07, 6.45) is 2.96. The van der Waals surface area contributed by atoms with Crippen LogP contribution in [-0.2, 0) is 0 Å². The van der Waals surface area contributed by atoms with E-state index in [1.165, 1.54) is 0 Å². The Kier molecular flexibility index (Phi) is 3.56. The van der Waals surface area contributed by atoms with Crippen LogP contribution in [0.2, 0.25) is 0 Å². The van der Waals surface area contributed by atoms with Gasteiger partial charge in [0.25, 0.3) is 0 Å². The molecular weight excluding hydrogens is 204 g/mol. The fourth-order valence-electron chi connectivity index (χ4n) is 1.68. The fourth-order valence-corrected chi connectivity index (χ4v) is 1.68.